The van der Waals surface area contributed by atoms with Crippen molar-refractivity contribution in [1.82, 2.24) is 5.43 Å². The Balaban J connectivity index is 2.86. The van der Waals surface area contributed by atoms with E-state index in [2.05, 4.69) is 5.43 Å². The van der Waals surface area contributed by atoms with Gasteiger partial charge < -0.3 is 9.84 Å². The monoisotopic (exact) mass is 238 g/mol. The fourth-order valence-electron chi connectivity index (χ4n) is 1.28. The SMILES string of the molecule is COc1ccc(N(CC(=O)O)NC(C)=O)cc1. The summed E-state index contributed by atoms with van der Waals surface area (Å²) in [7, 11) is 1.54. The second-order valence-corrected chi connectivity index (χ2v) is 3.35. The van der Waals surface area contributed by atoms with Crippen LogP contribution in [0.2, 0.25) is 0 Å². The second-order valence-electron chi connectivity index (χ2n) is 3.35. The molecule has 0 unspecified atom stereocenters. The highest BCUT2D eigenvalue weighted by Crippen LogP contribution is 2.17. The lowest BCUT2D eigenvalue weighted by Gasteiger charge is -2.22. The predicted molar refractivity (Wildman–Crippen MR) is 61.8 cm³/mol. The molecule has 6 heteroatoms. The molecular weight excluding hydrogens is 224 g/mol. The molecule has 0 saturated heterocycles. The van der Waals surface area contributed by atoms with Gasteiger partial charge in [-0.3, -0.25) is 20.0 Å². The van der Waals surface area contributed by atoms with E-state index in [-0.39, 0.29) is 12.5 Å². The molecule has 0 atom stereocenters. The molecule has 0 radical (unpaired) electrons. The van der Waals surface area contributed by atoms with Gasteiger partial charge in [0, 0.05) is 6.92 Å². The van der Waals surface area contributed by atoms with Gasteiger partial charge in [0.2, 0.25) is 5.91 Å². The Hall–Kier alpha value is -2.24. The number of carboxylic acid groups (broad SMARTS) is 1. The summed E-state index contributed by atoms with van der Waals surface area (Å²) in [5, 5.41) is 10.00. The molecule has 2 N–H and O–H groups in total. The standard InChI is InChI=1S/C11H14N2O4/c1-8(14)12-13(7-11(15)16)9-3-5-10(17-2)6-4-9/h3-6H,7H2,1-2H3,(H,12,14)(H,15,16). The molecule has 0 aliphatic rings. The largest absolute Gasteiger partial charge is 0.497 e. The molecule has 0 aliphatic carbocycles. The molecule has 1 rings (SSSR count). The highest BCUT2D eigenvalue weighted by Gasteiger charge is 2.11. The molecule has 92 valence electrons. The number of aliphatic carboxylic acids is 1. The van der Waals surface area contributed by atoms with Gasteiger partial charge in [-0.05, 0) is 24.3 Å². The lowest BCUT2D eigenvalue weighted by molar-refractivity contribution is -0.135. The van der Waals surface area contributed by atoms with Crippen LogP contribution in [0.5, 0.6) is 5.75 Å². The summed E-state index contributed by atoms with van der Waals surface area (Å²) < 4.78 is 4.99. The lowest BCUT2D eigenvalue weighted by Crippen LogP contribution is -2.44. The first-order valence-corrected chi connectivity index (χ1v) is 4.93. The smallest absolute Gasteiger partial charge is 0.325 e. The molecule has 0 aliphatic heterocycles. The number of anilines is 1. The number of methoxy groups -OCH3 is 1. The Morgan fingerprint density at radius 3 is 2.35 bits per heavy atom. The van der Waals surface area contributed by atoms with Crippen molar-refractivity contribution in [3.05, 3.63) is 24.3 Å². The molecule has 0 bridgehead atoms. The van der Waals surface area contributed by atoms with E-state index < -0.39 is 5.97 Å². The zero-order valence-electron chi connectivity index (χ0n) is 9.64. The maximum absolute atomic E-state index is 11.0. The molecule has 0 saturated carbocycles. The third-order valence-electron chi connectivity index (χ3n) is 1.97. The maximum Gasteiger partial charge on any atom is 0.325 e. The summed E-state index contributed by atoms with van der Waals surface area (Å²) in [6, 6.07) is 6.70. The van der Waals surface area contributed by atoms with E-state index in [4.69, 9.17) is 9.84 Å². The summed E-state index contributed by atoms with van der Waals surface area (Å²) in [6.07, 6.45) is 0. The number of carboxylic acids is 1. The topological polar surface area (TPSA) is 78.9 Å². The van der Waals surface area contributed by atoms with Gasteiger partial charge in [0.1, 0.15) is 12.3 Å². The molecule has 0 heterocycles. The van der Waals surface area contributed by atoms with Gasteiger partial charge in [-0.25, -0.2) is 0 Å². The zero-order valence-corrected chi connectivity index (χ0v) is 9.64. The molecule has 6 nitrogen and oxygen atoms in total. The molecule has 1 aromatic rings. The fraction of sp³-hybridized carbons (Fsp3) is 0.273. The minimum atomic E-state index is -1.03. The van der Waals surface area contributed by atoms with E-state index >= 15 is 0 Å². The van der Waals surface area contributed by atoms with Crippen LogP contribution < -0.4 is 15.2 Å². The third kappa shape index (κ3) is 4.02. The molecule has 0 fully saturated rings. The third-order valence-corrected chi connectivity index (χ3v) is 1.97. The average molecular weight is 238 g/mol. The van der Waals surface area contributed by atoms with Crippen LogP contribution in [0.15, 0.2) is 24.3 Å². The summed E-state index contributed by atoms with van der Waals surface area (Å²) in [4.78, 5) is 21.6. The van der Waals surface area contributed by atoms with E-state index in [0.717, 1.165) is 0 Å². The Labute approximate surface area is 98.8 Å². The Bertz CT molecular complexity index is 386. The Morgan fingerprint density at radius 1 is 1.35 bits per heavy atom. The van der Waals surface area contributed by atoms with E-state index in [9.17, 15) is 9.59 Å². The molecule has 1 aromatic carbocycles. The number of carbonyl (C=O) groups is 2. The molecule has 1 amide bonds. The van der Waals surface area contributed by atoms with Crippen molar-refractivity contribution in [3.63, 3.8) is 0 Å². The van der Waals surface area contributed by atoms with Crippen molar-refractivity contribution < 1.29 is 19.4 Å². The Kier molecular flexibility index (Phi) is 4.33. The van der Waals surface area contributed by atoms with E-state index in [1.165, 1.54) is 19.0 Å². The number of hydrogen-bond donors (Lipinski definition) is 2. The maximum atomic E-state index is 11.0. The second kappa shape index (κ2) is 5.74. The first kappa shape index (κ1) is 12.8. The van der Waals surface area contributed by atoms with Gasteiger partial charge in [-0.15, -0.1) is 0 Å². The minimum Gasteiger partial charge on any atom is -0.497 e. The highest BCUT2D eigenvalue weighted by atomic mass is 16.5. The molecular formula is C11H14N2O4. The number of ether oxygens (including phenoxy) is 1. The van der Waals surface area contributed by atoms with Crippen LogP contribution in [0.4, 0.5) is 5.69 Å². The van der Waals surface area contributed by atoms with Crippen LogP contribution in [0.1, 0.15) is 6.92 Å². The van der Waals surface area contributed by atoms with Crippen LogP contribution in [-0.2, 0) is 9.59 Å². The van der Waals surface area contributed by atoms with Crippen LogP contribution in [0.25, 0.3) is 0 Å². The van der Waals surface area contributed by atoms with Crippen LogP contribution >= 0.6 is 0 Å². The molecule has 0 aromatic heterocycles. The Morgan fingerprint density at radius 2 is 1.94 bits per heavy atom. The van der Waals surface area contributed by atoms with Gasteiger partial charge in [-0.1, -0.05) is 0 Å². The number of benzene rings is 1. The first-order valence-electron chi connectivity index (χ1n) is 4.93. The summed E-state index contributed by atoms with van der Waals surface area (Å²) in [5.74, 6) is -0.705. The van der Waals surface area contributed by atoms with Gasteiger partial charge in [0.25, 0.3) is 0 Å². The number of amides is 1. The number of nitrogens with one attached hydrogen (secondary N) is 1. The first-order chi connectivity index (χ1) is 8.02. The normalized spacial score (nSPS) is 9.53. The van der Waals surface area contributed by atoms with Gasteiger partial charge in [0.15, 0.2) is 0 Å². The van der Waals surface area contributed by atoms with Gasteiger partial charge in [-0.2, -0.15) is 0 Å². The van der Waals surface area contributed by atoms with Crippen molar-refractivity contribution in [2.45, 2.75) is 6.92 Å². The highest BCUT2D eigenvalue weighted by molar-refractivity contribution is 5.79. The van der Waals surface area contributed by atoms with Gasteiger partial charge >= 0.3 is 5.97 Å². The van der Waals surface area contributed by atoms with E-state index in [0.29, 0.717) is 11.4 Å². The summed E-state index contributed by atoms with van der Waals surface area (Å²) in [6.45, 7) is 1.00. The van der Waals surface area contributed by atoms with E-state index in [1.54, 1.807) is 24.3 Å². The van der Waals surface area contributed by atoms with Crippen molar-refractivity contribution in [3.8, 4) is 5.75 Å². The molecule has 0 spiro atoms. The number of hydrazine groups is 1. The number of nitrogens with zero attached hydrogens (tertiary/aromatic N) is 1. The van der Waals surface area contributed by atoms with Gasteiger partial charge in [0.05, 0.1) is 12.8 Å². The molecule has 17 heavy (non-hydrogen) atoms. The zero-order chi connectivity index (χ0) is 12.8. The lowest BCUT2D eigenvalue weighted by atomic mass is 10.3. The summed E-state index contributed by atoms with van der Waals surface area (Å²) in [5.41, 5.74) is 3.01. The van der Waals surface area contributed by atoms with Crippen LogP contribution in [-0.4, -0.2) is 30.6 Å². The van der Waals surface area contributed by atoms with Crippen molar-refractivity contribution in [2.24, 2.45) is 0 Å². The predicted octanol–water partition coefficient (Wildman–Crippen LogP) is 0.637. The number of carbonyl (C=O) groups excluding carboxylic acids is 1. The van der Waals surface area contributed by atoms with Crippen molar-refractivity contribution >= 4 is 17.6 Å². The average Bonchev–Trinajstić information content (AvgIpc) is 2.27. The van der Waals surface area contributed by atoms with Crippen LogP contribution in [0, 0.1) is 0 Å². The minimum absolute atomic E-state index is 0.314. The van der Waals surface area contributed by atoms with E-state index in [1.807, 2.05) is 0 Å². The summed E-state index contributed by atoms with van der Waals surface area (Å²) >= 11 is 0. The number of rotatable bonds is 5. The fourth-order valence-corrected chi connectivity index (χ4v) is 1.28. The van der Waals surface area contributed by atoms with Crippen molar-refractivity contribution in [1.29, 1.82) is 0 Å². The quantitative estimate of drug-likeness (QED) is 0.736. The van der Waals surface area contributed by atoms with Crippen molar-refractivity contribution in [2.75, 3.05) is 18.7 Å². The number of hydrogen-bond acceptors (Lipinski definition) is 4. The van der Waals surface area contributed by atoms with Crippen LogP contribution in [0.3, 0.4) is 0 Å².